The third-order valence-electron chi connectivity index (χ3n) is 2.74. The van der Waals surface area contributed by atoms with Crippen LogP contribution in [0, 0.1) is 0 Å². The van der Waals surface area contributed by atoms with Gasteiger partial charge >= 0.3 is 0 Å². The fourth-order valence-electron chi connectivity index (χ4n) is 1.84. The van der Waals surface area contributed by atoms with Gasteiger partial charge in [-0.2, -0.15) is 0 Å². The third-order valence-corrected chi connectivity index (χ3v) is 4.03. The van der Waals surface area contributed by atoms with Crippen molar-refractivity contribution in [2.45, 2.75) is 33.1 Å². The zero-order valence-electron chi connectivity index (χ0n) is 10.4. The molecule has 0 aliphatic heterocycles. The van der Waals surface area contributed by atoms with Crippen molar-refractivity contribution in [3.05, 3.63) is 34.8 Å². The van der Waals surface area contributed by atoms with E-state index in [1.165, 1.54) is 16.1 Å². The average Bonchev–Trinajstić information content (AvgIpc) is 2.74. The molecule has 0 unspecified atom stereocenters. The first-order valence-electron chi connectivity index (χ1n) is 6.09. The normalized spacial score (nSPS) is 10.7. The summed E-state index contributed by atoms with van der Waals surface area (Å²) in [5.74, 6) is 0. The third kappa shape index (κ3) is 2.67. The minimum absolute atomic E-state index is 0.801. The van der Waals surface area contributed by atoms with Crippen LogP contribution < -0.4 is 5.73 Å². The highest BCUT2D eigenvalue weighted by molar-refractivity contribution is 7.15. The Morgan fingerprint density at radius 2 is 1.88 bits per heavy atom. The van der Waals surface area contributed by atoms with Crippen molar-refractivity contribution in [1.82, 2.24) is 4.98 Å². The molecule has 2 rings (SSSR count). The zero-order valence-corrected chi connectivity index (χ0v) is 11.2. The Hall–Kier alpha value is -1.35. The van der Waals surface area contributed by atoms with Crippen LogP contribution in [0.25, 0.3) is 10.6 Å². The fourth-order valence-corrected chi connectivity index (χ4v) is 2.89. The quantitative estimate of drug-likeness (QED) is 0.831. The number of thiazole rings is 1. The van der Waals surface area contributed by atoms with Crippen LogP contribution in [0.1, 0.15) is 30.8 Å². The Morgan fingerprint density at radius 3 is 2.47 bits per heavy atom. The van der Waals surface area contributed by atoms with E-state index in [1.807, 2.05) is 24.3 Å². The molecular weight excluding hydrogens is 228 g/mol. The molecule has 90 valence electrons. The minimum atomic E-state index is 0.801. The van der Waals surface area contributed by atoms with Crippen LogP contribution >= 0.6 is 11.3 Å². The zero-order chi connectivity index (χ0) is 12.3. The standard InChI is InChI=1S/C14H18N2S/c1-3-5-12-13(4-2)17-14(16-12)10-6-8-11(15)9-7-10/h6-9H,3-5,15H2,1-2H3. The highest BCUT2D eigenvalue weighted by Crippen LogP contribution is 2.29. The highest BCUT2D eigenvalue weighted by atomic mass is 32.1. The predicted octanol–water partition coefficient (Wildman–Crippen LogP) is 3.91. The van der Waals surface area contributed by atoms with Gasteiger partial charge in [-0.15, -0.1) is 11.3 Å². The van der Waals surface area contributed by atoms with Crippen LogP contribution in [-0.2, 0) is 12.8 Å². The SMILES string of the molecule is CCCc1nc(-c2ccc(N)cc2)sc1CC. The Balaban J connectivity index is 2.35. The second-order valence-corrected chi connectivity index (χ2v) is 5.20. The maximum atomic E-state index is 5.70. The number of benzene rings is 1. The molecule has 2 aromatic rings. The number of nitrogens with zero attached hydrogens (tertiary/aromatic N) is 1. The lowest BCUT2D eigenvalue weighted by atomic mass is 10.2. The Bertz CT molecular complexity index is 485. The summed E-state index contributed by atoms with van der Waals surface area (Å²) in [6, 6.07) is 7.95. The summed E-state index contributed by atoms with van der Waals surface area (Å²) >= 11 is 1.81. The van der Waals surface area contributed by atoms with Crippen molar-refractivity contribution < 1.29 is 0 Å². The number of anilines is 1. The summed E-state index contributed by atoms with van der Waals surface area (Å²) in [7, 11) is 0. The molecule has 0 saturated carbocycles. The summed E-state index contributed by atoms with van der Waals surface area (Å²) in [5.41, 5.74) is 8.94. The van der Waals surface area contributed by atoms with Crippen molar-refractivity contribution >= 4 is 17.0 Å². The first-order valence-corrected chi connectivity index (χ1v) is 6.90. The first kappa shape index (κ1) is 12.1. The molecule has 0 amide bonds. The molecule has 3 heteroatoms. The van der Waals surface area contributed by atoms with E-state index in [0.29, 0.717) is 0 Å². The van der Waals surface area contributed by atoms with Gasteiger partial charge in [-0.25, -0.2) is 4.98 Å². The lowest BCUT2D eigenvalue weighted by Gasteiger charge is -1.96. The van der Waals surface area contributed by atoms with Crippen molar-refractivity contribution in [2.75, 3.05) is 5.73 Å². The lowest BCUT2D eigenvalue weighted by Crippen LogP contribution is -1.88. The minimum Gasteiger partial charge on any atom is -0.399 e. The van der Waals surface area contributed by atoms with Crippen LogP contribution in [-0.4, -0.2) is 4.98 Å². The van der Waals surface area contributed by atoms with Crippen molar-refractivity contribution in [2.24, 2.45) is 0 Å². The smallest absolute Gasteiger partial charge is 0.123 e. The van der Waals surface area contributed by atoms with Gasteiger partial charge in [0.15, 0.2) is 0 Å². The first-order chi connectivity index (χ1) is 8.24. The Labute approximate surface area is 107 Å². The monoisotopic (exact) mass is 246 g/mol. The van der Waals surface area contributed by atoms with E-state index >= 15 is 0 Å². The van der Waals surface area contributed by atoms with Gasteiger partial charge in [-0.3, -0.25) is 0 Å². The summed E-state index contributed by atoms with van der Waals surface area (Å²) in [6.45, 7) is 4.39. The summed E-state index contributed by atoms with van der Waals surface area (Å²) < 4.78 is 0. The van der Waals surface area contributed by atoms with Crippen molar-refractivity contribution in [3.63, 3.8) is 0 Å². The summed E-state index contributed by atoms with van der Waals surface area (Å²) in [6.07, 6.45) is 3.30. The maximum Gasteiger partial charge on any atom is 0.123 e. The number of aryl methyl sites for hydroxylation is 2. The van der Waals surface area contributed by atoms with E-state index in [0.717, 1.165) is 30.0 Å². The number of nitrogen functional groups attached to an aromatic ring is 1. The Morgan fingerprint density at radius 1 is 1.18 bits per heavy atom. The largest absolute Gasteiger partial charge is 0.399 e. The van der Waals surface area contributed by atoms with E-state index in [4.69, 9.17) is 10.7 Å². The van der Waals surface area contributed by atoms with Gasteiger partial charge in [0.2, 0.25) is 0 Å². The molecule has 0 atom stereocenters. The van der Waals surface area contributed by atoms with E-state index < -0.39 is 0 Å². The Kier molecular flexibility index (Phi) is 3.79. The second kappa shape index (κ2) is 5.32. The van der Waals surface area contributed by atoms with E-state index in [1.54, 1.807) is 11.3 Å². The van der Waals surface area contributed by atoms with Crippen LogP contribution in [0.5, 0.6) is 0 Å². The van der Waals surface area contributed by atoms with Gasteiger partial charge in [0.1, 0.15) is 5.01 Å². The number of hydrogen-bond donors (Lipinski definition) is 1. The topological polar surface area (TPSA) is 38.9 Å². The van der Waals surface area contributed by atoms with Crippen LogP contribution in [0.3, 0.4) is 0 Å². The number of aromatic nitrogens is 1. The molecule has 0 radical (unpaired) electrons. The molecule has 2 N–H and O–H groups in total. The van der Waals surface area contributed by atoms with Crippen molar-refractivity contribution in [1.29, 1.82) is 0 Å². The molecule has 0 saturated heterocycles. The van der Waals surface area contributed by atoms with Gasteiger partial charge in [-0.05, 0) is 37.1 Å². The van der Waals surface area contributed by atoms with E-state index in [2.05, 4.69) is 13.8 Å². The molecular formula is C14H18N2S. The molecule has 1 aromatic heterocycles. The van der Waals surface area contributed by atoms with Gasteiger partial charge in [-0.1, -0.05) is 20.3 Å². The lowest BCUT2D eigenvalue weighted by molar-refractivity contribution is 0.876. The molecule has 0 fully saturated rings. The van der Waals surface area contributed by atoms with Gasteiger partial charge in [0, 0.05) is 16.1 Å². The summed E-state index contributed by atoms with van der Waals surface area (Å²) in [5, 5.41) is 1.12. The predicted molar refractivity (Wildman–Crippen MR) is 75.3 cm³/mol. The molecule has 0 aliphatic carbocycles. The number of nitrogens with two attached hydrogens (primary N) is 1. The maximum absolute atomic E-state index is 5.70. The van der Waals surface area contributed by atoms with E-state index in [9.17, 15) is 0 Å². The van der Waals surface area contributed by atoms with Crippen LogP contribution in [0.4, 0.5) is 5.69 Å². The average molecular weight is 246 g/mol. The van der Waals surface area contributed by atoms with Crippen LogP contribution in [0.15, 0.2) is 24.3 Å². The molecule has 0 aliphatic rings. The molecule has 1 aromatic carbocycles. The molecule has 2 nitrogen and oxygen atoms in total. The van der Waals surface area contributed by atoms with E-state index in [-0.39, 0.29) is 0 Å². The molecule has 0 spiro atoms. The van der Waals surface area contributed by atoms with Gasteiger partial charge in [0.05, 0.1) is 5.69 Å². The number of rotatable bonds is 4. The summed E-state index contributed by atoms with van der Waals surface area (Å²) in [4.78, 5) is 6.16. The number of hydrogen-bond acceptors (Lipinski definition) is 3. The van der Waals surface area contributed by atoms with Crippen LogP contribution in [0.2, 0.25) is 0 Å². The molecule has 1 heterocycles. The molecule has 17 heavy (non-hydrogen) atoms. The molecule has 0 bridgehead atoms. The highest BCUT2D eigenvalue weighted by Gasteiger charge is 2.10. The van der Waals surface area contributed by atoms with Crippen molar-refractivity contribution in [3.8, 4) is 10.6 Å². The fraction of sp³-hybridized carbons (Fsp3) is 0.357. The van der Waals surface area contributed by atoms with Gasteiger partial charge in [0.25, 0.3) is 0 Å². The van der Waals surface area contributed by atoms with Gasteiger partial charge < -0.3 is 5.73 Å². The second-order valence-electron chi connectivity index (χ2n) is 4.11.